The van der Waals surface area contributed by atoms with Crippen LogP contribution in [0.3, 0.4) is 0 Å². The van der Waals surface area contributed by atoms with Crippen LogP contribution in [0, 0.1) is 5.82 Å². The van der Waals surface area contributed by atoms with Crippen LogP contribution in [0.15, 0.2) is 67.1 Å². The third-order valence-electron chi connectivity index (χ3n) is 4.15. The maximum Gasteiger partial charge on any atom is 0.274 e. The van der Waals surface area contributed by atoms with Crippen LogP contribution in [0.2, 0.25) is 0 Å². The van der Waals surface area contributed by atoms with Gasteiger partial charge in [-0.15, -0.1) is 0 Å². The van der Waals surface area contributed by atoms with Crippen LogP contribution in [-0.2, 0) is 6.42 Å². The van der Waals surface area contributed by atoms with Gasteiger partial charge >= 0.3 is 0 Å². The molecule has 0 spiro atoms. The molecule has 1 aromatic carbocycles. The Morgan fingerprint density at radius 3 is 2.61 bits per heavy atom. The number of anilines is 1. The molecule has 2 heterocycles. The summed E-state index contributed by atoms with van der Waals surface area (Å²) in [5.74, 6) is -1.18. The summed E-state index contributed by atoms with van der Waals surface area (Å²) in [5, 5.41) is 2.57. The standard InChI is InChI=1S/C21H19FN4O2/c1-26(12-8-15-5-9-23-10-6-15)21(28)16-7-11-24-19(13-16)20(27)25-18-4-2-3-17(22)14-18/h2-7,9-11,13-14H,8,12H2,1H3,(H,25,27). The Morgan fingerprint density at radius 2 is 1.86 bits per heavy atom. The molecule has 2 amide bonds. The molecule has 7 heteroatoms. The van der Waals surface area contributed by atoms with Crippen LogP contribution >= 0.6 is 0 Å². The van der Waals surface area contributed by atoms with Gasteiger partial charge in [0.15, 0.2) is 0 Å². The molecule has 0 aliphatic carbocycles. The van der Waals surface area contributed by atoms with E-state index in [1.807, 2.05) is 12.1 Å². The predicted octanol–water partition coefficient (Wildman–Crippen LogP) is 3.18. The molecule has 6 nitrogen and oxygen atoms in total. The van der Waals surface area contributed by atoms with Crippen molar-refractivity contribution in [1.29, 1.82) is 0 Å². The second-order valence-electron chi connectivity index (χ2n) is 6.23. The van der Waals surface area contributed by atoms with Gasteiger partial charge in [0.2, 0.25) is 0 Å². The lowest BCUT2D eigenvalue weighted by Crippen LogP contribution is -2.29. The molecule has 0 aliphatic rings. The maximum atomic E-state index is 13.3. The zero-order chi connectivity index (χ0) is 19.9. The Hall–Kier alpha value is -3.61. The van der Waals surface area contributed by atoms with Gasteiger partial charge in [-0.3, -0.25) is 19.6 Å². The van der Waals surface area contributed by atoms with Crippen LogP contribution < -0.4 is 5.32 Å². The predicted molar refractivity (Wildman–Crippen MR) is 103 cm³/mol. The molecule has 0 saturated heterocycles. The van der Waals surface area contributed by atoms with E-state index < -0.39 is 11.7 Å². The number of benzene rings is 1. The smallest absolute Gasteiger partial charge is 0.274 e. The molecule has 0 radical (unpaired) electrons. The highest BCUT2D eigenvalue weighted by Gasteiger charge is 2.15. The van der Waals surface area contributed by atoms with E-state index in [0.29, 0.717) is 24.2 Å². The number of rotatable bonds is 6. The average Bonchev–Trinajstić information content (AvgIpc) is 2.72. The molecular formula is C21H19FN4O2. The van der Waals surface area contributed by atoms with Crippen LogP contribution in [0.1, 0.15) is 26.4 Å². The highest BCUT2D eigenvalue weighted by atomic mass is 19.1. The summed E-state index contributed by atoms with van der Waals surface area (Å²) in [5.41, 5.74) is 1.84. The molecule has 28 heavy (non-hydrogen) atoms. The minimum atomic E-state index is -0.514. The van der Waals surface area contributed by atoms with Gasteiger partial charge in [-0.2, -0.15) is 0 Å². The second-order valence-corrected chi connectivity index (χ2v) is 6.23. The number of pyridine rings is 2. The van der Waals surface area contributed by atoms with Crippen molar-refractivity contribution in [2.75, 3.05) is 18.9 Å². The Bertz CT molecular complexity index is 979. The van der Waals surface area contributed by atoms with E-state index in [9.17, 15) is 14.0 Å². The van der Waals surface area contributed by atoms with Gasteiger partial charge in [0.05, 0.1) is 0 Å². The number of hydrogen-bond donors (Lipinski definition) is 1. The number of carbonyl (C=O) groups is 2. The van der Waals surface area contributed by atoms with Crippen molar-refractivity contribution in [3.8, 4) is 0 Å². The van der Waals surface area contributed by atoms with Crippen molar-refractivity contribution in [3.63, 3.8) is 0 Å². The molecule has 142 valence electrons. The molecule has 3 aromatic rings. The van der Waals surface area contributed by atoms with Crippen molar-refractivity contribution in [1.82, 2.24) is 14.9 Å². The first-order valence-corrected chi connectivity index (χ1v) is 8.70. The zero-order valence-corrected chi connectivity index (χ0v) is 15.3. The fourth-order valence-electron chi connectivity index (χ4n) is 2.62. The summed E-state index contributed by atoms with van der Waals surface area (Å²) < 4.78 is 13.3. The molecule has 0 fully saturated rings. The van der Waals surface area contributed by atoms with Crippen LogP contribution in [0.4, 0.5) is 10.1 Å². The molecule has 0 unspecified atom stereocenters. The highest BCUT2D eigenvalue weighted by Crippen LogP contribution is 2.12. The minimum absolute atomic E-state index is 0.0812. The molecule has 0 bridgehead atoms. The normalized spacial score (nSPS) is 10.4. The third-order valence-corrected chi connectivity index (χ3v) is 4.15. The van der Waals surface area contributed by atoms with Gasteiger partial charge in [-0.05, 0) is 54.4 Å². The molecule has 2 aromatic heterocycles. The summed E-state index contributed by atoms with van der Waals surface area (Å²) in [6.07, 6.45) is 5.53. The van der Waals surface area contributed by atoms with Crippen LogP contribution in [-0.4, -0.2) is 40.3 Å². The van der Waals surface area contributed by atoms with E-state index in [1.54, 1.807) is 36.5 Å². The van der Waals surface area contributed by atoms with E-state index in [0.717, 1.165) is 5.56 Å². The Morgan fingerprint density at radius 1 is 1.07 bits per heavy atom. The number of halogens is 1. The van der Waals surface area contributed by atoms with Crippen molar-refractivity contribution in [2.45, 2.75) is 6.42 Å². The van der Waals surface area contributed by atoms with Gasteiger partial charge in [0.25, 0.3) is 11.8 Å². The number of nitrogens with zero attached hydrogens (tertiary/aromatic N) is 3. The van der Waals surface area contributed by atoms with Crippen LogP contribution in [0.5, 0.6) is 0 Å². The lowest BCUT2D eigenvalue weighted by atomic mass is 10.1. The topological polar surface area (TPSA) is 75.2 Å². The number of hydrogen-bond acceptors (Lipinski definition) is 4. The Kier molecular flexibility index (Phi) is 6.06. The van der Waals surface area contributed by atoms with Gasteiger partial charge in [0, 0.05) is 43.4 Å². The first kappa shape index (κ1) is 19.2. The SMILES string of the molecule is CN(CCc1ccncc1)C(=O)c1ccnc(C(=O)Nc2cccc(F)c2)c1. The van der Waals surface area contributed by atoms with Gasteiger partial charge in [0.1, 0.15) is 11.5 Å². The first-order valence-electron chi connectivity index (χ1n) is 8.70. The number of likely N-dealkylation sites (N-methyl/N-ethyl adjacent to an activating group) is 1. The number of amides is 2. The number of aromatic nitrogens is 2. The molecule has 3 rings (SSSR count). The lowest BCUT2D eigenvalue weighted by molar-refractivity contribution is 0.0796. The fourth-order valence-corrected chi connectivity index (χ4v) is 2.62. The second kappa shape index (κ2) is 8.85. The third kappa shape index (κ3) is 4.97. The summed E-state index contributed by atoms with van der Waals surface area (Å²) in [6, 6.07) is 12.4. The average molecular weight is 378 g/mol. The summed E-state index contributed by atoms with van der Waals surface area (Å²) in [4.78, 5) is 34.6. The Labute approximate surface area is 162 Å². The van der Waals surface area contributed by atoms with E-state index in [4.69, 9.17) is 0 Å². The van der Waals surface area contributed by atoms with Crippen molar-refractivity contribution in [3.05, 3.63) is 89.8 Å². The van der Waals surface area contributed by atoms with E-state index in [-0.39, 0.29) is 11.6 Å². The molecule has 0 aliphatic heterocycles. The molecule has 0 atom stereocenters. The minimum Gasteiger partial charge on any atom is -0.341 e. The van der Waals surface area contributed by atoms with E-state index in [1.165, 1.54) is 30.5 Å². The Balaban J connectivity index is 1.66. The maximum absolute atomic E-state index is 13.3. The van der Waals surface area contributed by atoms with Crippen LogP contribution in [0.25, 0.3) is 0 Å². The quantitative estimate of drug-likeness (QED) is 0.715. The van der Waals surface area contributed by atoms with Crippen molar-refractivity contribution < 1.29 is 14.0 Å². The molecule has 1 N–H and O–H groups in total. The van der Waals surface area contributed by atoms with Gasteiger partial charge < -0.3 is 10.2 Å². The zero-order valence-electron chi connectivity index (χ0n) is 15.3. The highest BCUT2D eigenvalue weighted by molar-refractivity contribution is 6.04. The summed E-state index contributed by atoms with van der Waals surface area (Å²) >= 11 is 0. The molecule has 0 saturated carbocycles. The van der Waals surface area contributed by atoms with Gasteiger partial charge in [-0.25, -0.2) is 4.39 Å². The van der Waals surface area contributed by atoms with Crippen molar-refractivity contribution in [2.24, 2.45) is 0 Å². The number of nitrogens with one attached hydrogen (secondary N) is 1. The summed E-state index contributed by atoms with van der Waals surface area (Å²) in [7, 11) is 1.70. The van der Waals surface area contributed by atoms with E-state index >= 15 is 0 Å². The van der Waals surface area contributed by atoms with Gasteiger partial charge in [-0.1, -0.05) is 6.07 Å². The van der Waals surface area contributed by atoms with Crippen molar-refractivity contribution >= 4 is 17.5 Å². The molecular weight excluding hydrogens is 359 g/mol. The van der Waals surface area contributed by atoms with E-state index in [2.05, 4.69) is 15.3 Å². The lowest BCUT2D eigenvalue weighted by Gasteiger charge is -2.17. The number of carbonyl (C=O) groups excluding carboxylic acids is 2. The monoisotopic (exact) mass is 378 g/mol. The summed E-state index contributed by atoms with van der Waals surface area (Å²) in [6.45, 7) is 0.524. The fraction of sp³-hybridized carbons (Fsp3) is 0.143. The first-order chi connectivity index (χ1) is 13.5. The largest absolute Gasteiger partial charge is 0.341 e.